The fourth-order valence-corrected chi connectivity index (χ4v) is 1.12. The van der Waals surface area contributed by atoms with Gasteiger partial charge in [-0.15, -0.1) is 0 Å². The Hall–Kier alpha value is -0.0400. The summed E-state index contributed by atoms with van der Waals surface area (Å²) in [5.41, 5.74) is 0. The molecule has 1 radical (unpaired) electrons. The minimum atomic E-state index is 0.454. The minimum absolute atomic E-state index is 0.454. The molecule has 0 N–H and O–H groups in total. The second-order valence-electron chi connectivity index (χ2n) is 2.46. The van der Waals surface area contributed by atoms with Crippen molar-refractivity contribution < 1.29 is 4.74 Å². The van der Waals surface area contributed by atoms with Crippen LogP contribution in [0.4, 0.5) is 0 Å². The Labute approximate surface area is 51.0 Å². The summed E-state index contributed by atoms with van der Waals surface area (Å²) >= 11 is 0. The molecule has 1 heterocycles. The van der Waals surface area contributed by atoms with E-state index in [9.17, 15) is 0 Å². The predicted molar refractivity (Wildman–Crippen MR) is 33.5 cm³/mol. The van der Waals surface area contributed by atoms with Crippen molar-refractivity contribution in [3.8, 4) is 0 Å². The van der Waals surface area contributed by atoms with Crippen LogP contribution in [-0.4, -0.2) is 12.7 Å². The average Bonchev–Trinajstić information content (AvgIpc) is 2.14. The molecule has 1 heteroatoms. The molecule has 1 rings (SSSR count). The van der Waals surface area contributed by atoms with Crippen LogP contribution in [0.15, 0.2) is 0 Å². The molecule has 0 aliphatic carbocycles. The number of hydrogen-bond donors (Lipinski definition) is 0. The van der Waals surface area contributed by atoms with Gasteiger partial charge in [0, 0.05) is 6.61 Å². The first-order chi connectivity index (χ1) is 3.84. The van der Waals surface area contributed by atoms with Crippen LogP contribution in [0.3, 0.4) is 0 Å². The van der Waals surface area contributed by atoms with Crippen LogP contribution in [0.1, 0.15) is 19.8 Å². The first kappa shape index (κ1) is 6.09. The van der Waals surface area contributed by atoms with Crippen molar-refractivity contribution >= 4 is 0 Å². The molecule has 1 aliphatic rings. The highest BCUT2D eigenvalue weighted by molar-refractivity contribution is 4.72. The highest BCUT2D eigenvalue weighted by Crippen LogP contribution is 2.21. The zero-order valence-electron chi connectivity index (χ0n) is 5.39. The van der Waals surface area contributed by atoms with Gasteiger partial charge in [-0.05, 0) is 18.8 Å². The van der Waals surface area contributed by atoms with Gasteiger partial charge in [-0.1, -0.05) is 13.8 Å². The number of rotatable bonds is 1. The second-order valence-corrected chi connectivity index (χ2v) is 2.46. The van der Waals surface area contributed by atoms with Crippen molar-refractivity contribution in [1.82, 2.24) is 0 Å². The SMILES string of the molecule is [CH2]CC1OCCC1C. The summed E-state index contributed by atoms with van der Waals surface area (Å²) in [5, 5.41) is 0. The zero-order chi connectivity index (χ0) is 5.98. The monoisotopic (exact) mass is 113 g/mol. The third-order valence-electron chi connectivity index (χ3n) is 1.82. The molecule has 0 aromatic carbocycles. The van der Waals surface area contributed by atoms with Crippen molar-refractivity contribution in [3.05, 3.63) is 6.92 Å². The first-order valence-electron chi connectivity index (χ1n) is 3.25. The van der Waals surface area contributed by atoms with Gasteiger partial charge in [-0.2, -0.15) is 0 Å². The molecule has 1 nitrogen and oxygen atoms in total. The maximum Gasteiger partial charge on any atom is 0.0601 e. The molecular formula is C7H13O. The quantitative estimate of drug-likeness (QED) is 0.502. The minimum Gasteiger partial charge on any atom is -0.378 e. The van der Waals surface area contributed by atoms with Gasteiger partial charge in [-0.3, -0.25) is 0 Å². The van der Waals surface area contributed by atoms with E-state index in [1.807, 2.05) is 0 Å². The van der Waals surface area contributed by atoms with Gasteiger partial charge in [-0.25, -0.2) is 0 Å². The van der Waals surface area contributed by atoms with Gasteiger partial charge >= 0.3 is 0 Å². The Balaban J connectivity index is 2.30. The molecule has 47 valence electrons. The van der Waals surface area contributed by atoms with Crippen LogP contribution in [0.25, 0.3) is 0 Å². The second kappa shape index (κ2) is 2.49. The van der Waals surface area contributed by atoms with Crippen LogP contribution in [0.2, 0.25) is 0 Å². The van der Waals surface area contributed by atoms with E-state index in [4.69, 9.17) is 4.74 Å². The van der Waals surface area contributed by atoms with Crippen molar-refractivity contribution in [1.29, 1.82) is 0 Å². The number of hydrogen-bond acceptors (Lipinski definition) is 1. The molecule has 8 heavy (non-hydrogen) atoms. The van der Waals surface area contributed by atoms with Gasteiger partial charge in [0.2, 0.25) is 0 Å². The highest BCUT2D eigenvalue weighted by atomic mass is 16.5. The Morgan fingerprint density at radius 3 is 2.75 bits per heavy atom. The van der Waals surface area contributed by atoms with E-state index >= 15 is 0 Å². The van der Waals surface area contributed by atoms with E-state index < -0.39 is 0 Å². The molecule has 0 amide bonds. The van der Waals surface area contributed by atoms with Crippen LogP contribution in [-0.2, 0) is 4.74 Å². The van der Waals surface area contributed by atoms with Gasteiger partial charge < -0.3 is 4.74 Å². The van der Waals surface area contributed by atoms with E-state index in [0.29, 0.717) is 6.10 Å². The Morgan fingerprint density at radius 2 is 2.50 bits per heavy atom. The molecule has 0 aromatic rings. The molecule has 2 unspecified atom stereocenters. The lowest BCUT2D eigenvalue weighted by Gasteiger charge is -2.09. The largest absolute Gasteiger partial charge is 0.378 e. The molecule has 1 aliphatic heterocycles. The maximum absolute atomic E-state index is 5.35. The third-order valence-corrected chi connectivity index (χ3v) is 1.82. The molecule has 0 saturated carbocycles. The van der Waals surface area contributed by atoms with Crippen LogP contribution in [0, 0.1) is 12.8 Å². The topological polar surface area (TPSA) is 9.23 Å². The average molecular weight is 113 g/mol. The van der Waals surface area contributed by atoms with Crippen molar-refractivity contribution in [2.24, 2.45) is 5.92 Å². The van der Waals surface area contributed by atoms with Gasteiger partial charge in [0.15, 0.2) is 0 Å². The summed E-state index contributed by atoms with van der Waals surface area (Å²) in [6, 6.07) is 0. The Bertz CT molecular complexity index is 70.8. The zero-order valence-corrected chi connectivity index (χ0v) is 5.39. The van der Waals surface area contributed by atoms with Crippen molar-refractivity contribution in [3.63, 3.8) is 0 Å². The predicted octanol–water partition coefficient (Wildman–Crippen LogP) is 1.64. The van der Waals surface area contributed by atoms with E-state index in [1.165, 1.54) is 6.42 Å². The fraction of sp³-hybridized carbons (Fsp3) is 0.857. The van der Waals surface area contributed by atoms with Crippen LogP contribution in [0.5, 0.6) is 0 Å². The lowest BCUT2D eigenvalue weighted by Crippen LogP contribution is -2.10. The number of ether oxygens (including phenoxy) is 1. The summed E-state index contributed by atoms with van der Waals surface area (Å²) in [6.45, 7) is 6.96. The van der Waals surface area contributed by atoms with Gasteiger partial charge in [0.25, 0.3) is 0 Å². The maximum atomic E-state index is 5.35. The summed E-state index contributed by atoms with van der Waals surface area (Å²) in [6.07, 6.45) is 2.61. The van der Waals surface area contributed by atoms with Gasteiger partial charge in [0.05, 0.1) is 6.10 Å². The van der Waals surface area contributed by atoms with Crippen LogP contribution < -0.4 is 0 Å². The highest BCUT2D eigenvalue weighted by Gasteiger charge is 2.21. The summed E-state index contributed by atoms with van der Waals surface area (Å²) in [5.74, 6) is 0.743. The van der Waals surface area contributed by atoms with E-state index in [-0.39, 0.29) is 0 Å². The van der Waals surface area contributed by atoms with E-state index in [1.54, 1.807) is 0 Å². The normalized spacial score (nSPS) is 38.2. The molecule has 1 fully saturated rings. The summed E-state index contributed by atoms with van der Waals surface area (Å²) in [7, 11) is 0. The lowest BCUT2D eigenvalue weighted by atomic mass is 10.0. The van der Waals surface area contributed by atoms with Crippen molar-refractivity contribution in [2.45, 2.75) is 25.9 Å². The molecule has 0 bridgehead atoms. The third kappa shape index (κ3) is 1.03. The summed E-state index contributed by atoms with van der Waals surface area (Å²) in [4.78, 5) is 0. The smallest absolute Gasteiger partial charge is 0.0601 e. The molecule has 0 aromatic heterocycles. The first-order valence-corrected chi connectivity index (χ1v) is 3.25. The fourth-order valence-electron chi connectivity index (χ4n) is 1.12. The van der Waals surface area contributed by atoms with Crippen molar-refractivity contribution in [2.75, 3.05) is 6.61 Å². The standard InChI is InChI=1S/C7H13O/c1-3-7-6(2)4-5-8-7/h6-7H,1,3-5H2,2H3. The van der Waals surface area contributed by atoms with E-state index in [2.05, 4.69) is 13.8 Å². The molecule has 2 atom stereocenters. The molecular weight excluding hydrogens is 100 g/mol. The molecule has 0 spiro atoms. The van der Waals surface area contributed by atoms with E-state index in [0.717, 1.165) is 18.9 Å². The molecule has 1 saturated heterocycles. The summed E-state index contributed by atoms with van der Waals surface area (Å²) < 4.78 is 5.35. The van der Waals surface area contributed by atoms with Crippen LogP contribution >= 0.6 is 0 Å². The lowest BCUT2D eigenvalue weighted by molar-refractivity contribution is 0.0961. The Morgan fingerprint density at radius 1 is 1.75 bits per heavy atom. The Kier molecular flexibility index (Phi) is 1.90. The van der Waals surface area contributed by atoms with Gasteiger partial charge in [0.1, 0.15) is 0 Å².